The first-order valence-electron chi connectivity index (χ1n) is 6.90. The van der Waals surface area contributed by atoms with Crippen LogP contribution < -0.4 is 10.2 Å². The number of aromatic nitrogens is 4. The van der Waals surface area contributed by atoms with Gasteiger partial charge >= 0.3 is 0 Å². The molecule has 0 unspecified atom stereocenters. The van der Waals surface area contributed by atoms with Crippen LogP contribution in [-0.2, 0) is 13.6 Å². The number of rotatable bonds is 4. The molecule has 0 bridgehead atoms. The van der Waals surface area contributed by atoms with E-state index in [0.717, 1.165) is 27.4 Å². The quantitative estimate of drug-likeness (QED) is 0.802. The number of fused-ring (bicyclic) bond motifs is 1. The third-order valence-corrected chi connectivity index (χ3v) is 3.56. The third-order valence-electron chi connectivity index (χ3n) is 3.33. The van der Waals surface area contributed by atoms with E-state index in [9.17, 15) is 0 Å². The summed E-state index contributed by atoms with van der Waals surface area (Å²) in [7, 11) is 5.70. The molecular formula is C15H17ClN6. The Balaban J connectivity index is 1.95. The fourth-order valence-corrected chi connectivity index (χ4v) is 2.39. The molecule has 0 saturated carbocycles. The standard InChI is InChI=1S/C15H17ClN6/c1-21(2)15-19-13(12-9-18-22(3)14(12)20-15)17-8-10-5-4-6-11(16)7-10/h4-7,9H,8H2,1-3H3,(H,17,19,20). The minimum atomic E-state index is 0.633. The highest BCUT2D eigenvalue weighted by Crippen LogP contribution is 2.23. The molecule has 0 atom stereocenters. The van der Waals surface area contributed by atoms with Gasteiger partial charge in [-0.2, -0.15) is 15.1 Å². The fourth-order valence-electron chi connectivity index (χ4n) is 2.18. The second-order valence-electron chi connectivity index (χ2n) is 5.26. The van der Waals surface area contributed by atoms with Crippen molar-refractivity contribution in [2.75, 3.05) is 24.3 Å². The van der Waals surface area contributed by atoms with Gasteiger partial charge < -0.3 is 10.2 Å². The number of nitrogens with zero attached hydrogens (tertiary/aromatic N) is 5. The van der Waals surface area contributed by atoms with Gasteiger partial charge in [-0.05, 0) is 17.7 Å². The van der Waals surface area contributed by atoms with Crippen molar-refractivity contribution >= 4 is 34.4 Å². The molecule has 1 N–H and O–H groups in total. The summed E-state index contributed by atoms with van der Waals surface area (Å²) < 4.78 is 1.74. The SMILES string of the molecule is CN(C)c1nc(NCc2cccc(Cl)c2)c2cnn(C)c2n1. The van der Waals surface area contributed by atoms with Gasteiger partial charge in [-0.15, -0.1) is 0 Å². The Hall–Kier alpha value is -2.34. The van der Waals surface area contributed by atoms with Crippen LogP contribution in [-0.4, -0.2) is 33.8 Å². The van der Waals surface area contributed by atoms with Crippen LogP contribution in [0.4, 0.5) is 11.8 Å². The van der Waals surface area contributed by atoms with Crippen molar-refractivity contribution < 1.29 is 0 Å². The van der Waals surface area contributed by atoms with E-state index in [2.05, 4.69) is 20.4 Å². The highest BCUT2D eigenvalue weighted by atomic mass is 35.5. The molecule has 2 aromatic heterocycles. The molecule has 0 aliphatic carbocycles. The van der Waals surface area contributed by atoms with Crippen molar-refractivity contribution in [2.24, 2.45) is 7.05 Å². The van der Waals surface area contributed by atoms with Crippen LogP contribution in [0.3, 0.4) is 0 Å². The molecule has 0 amide bonds. The Bertz CT molecular complexity index is 811. The van der Waals surface area contributed by atoms with E-state index in [0.29, 0.717) is 12.5 Å². The summed E-state index contributed by atoms with van der Waals surface area (Å²) >= 11 is 6.02. The zero-order valence-electron chi connectivity index (χ0n) is 12.7. The van der Waals surface area contributed by atoms with Gasteiger partial charge in [0.2, 0.25) is 5.95 Å². The molecule has 0 saturated heterocycles. The lowest BCUT2D eigenvalue weighted by Gasteiger charge is -2.13. The van der Waals surface area contributed by atoms with Gasteiger partial charge in [-0.25, -0.2) is 0 Å². The van der Waals surface area contributed by atoms with Crippen LogP contribution >= 0.6 is 11.6 Å². The summed E-state index contributed by atoms with van der Waals surface area (Å²) in [5, 5.41) is 9.23. The molecule has 2 heterocycles. The molecule has 22 heavy (non-hydrogen) atoms. The van der Waals surface area contributed by atoms with E-state index >= 15 is 0 Å². The molecule has 0 spiro atoms. The largest absolute Gasteiger partial charge is 0.365 e. The lowest BCUT2D eigenvalue weighted by molar-refractivity contribution is 0.784. The highest BCUT2D eigenvalue weighted by molar-refractivity contribution is 6.30. The first-order valence-corrected chi connectivity index (χ1v) is 7.28. The maximum atomic E-state index is 6.02. The van der Waals surface area contributed by atoms with Crippen molar-refractivity contribution in [2.45, 2.75) is 6.54 Å². The van der Waals surface area contributed by atoms with Crippen LogP contribution in [0, 0.1) is 0 Å². The van der Waals surface area contributed by atoms with Gasteiger partial charge in [-0.3, -0.25) is 4.68 Å². The first-order chi connectivity index (χ1) is 10.5. The number of benzene rings is 1. The molecule has 3 rings (SSSR count). The summed E-state index contributed by atoms with van der Waals surface area (Å²) in [5.74, 6) is 1.41. The van der Waals surface area contributed by atoms with Crippen molar-refractivity contribution in [3.8, 4) is 0 Å². The Morgan fingerprint density at radius 3 is 2.82 bits per heavy atom. The van der Waals surface area contributed by atoms with Crippen molar-refractivity contribution in [3.63, 3.8) is 0 Å². The van der Waals surface area contributed by atoms with Crippen molar-refractivity contribution in [1.29, 1.82) is 0 Å². The molecule has 0 fully saturated rings. The van der Waals surface area contributed by atoms with E-state index in [4.69, 9.17) is 11.6 Å². The summed E-state index contributed by atoms with van der Waals surface area (Å²) in [4.78, 5) is 11.0. The predicted molar refractivity (Wildman–Crippen MR) is 89.4 cm³/mol. The van der Waals surface area contributed by atoms with Crippen molar-refractivity contribution in [3.05, 3.63) is 41.0 Å². The zero-order chi connectivity index (χ0) is 15.7. The second-order valence-corrected chi connectivity index (χ2v) is 5.69. The minimum Gasteiger partial charge on any atom is -0.365 e. The van der Waals surface area contributed by atoms with Crippen LogP contribution in [0.5, 0.6) is 0 Å². The molecule has 3 aromatic rings. The number of hydrogen-bond acceptors (Lipinski definition) is 5. The van der Waals surface area contributed by atoms with E-state index < -0.39 is 0 Å². The molecular weight excluding hydrogens is 300 g/mol. The fraction of sp³-hybridized carbons (Fsp3) is 0.267. The molecule has 1 aromatic carbocycles. The van der Waals surface area contributed by atoms with Gasteiger partial charge in [-0.1, -0.05) is 23.7 Å². The molecule has 0 aliphatic heterocycles. The van der Waals surface area contributed by atoms with Gasteiger partial charge in [0.25, 0.3) is 0 Å². The smallest absolute Gasteiger partial charge is 0.228 e. The minimum absolute atomic E-state index is 0.633. The van der Waals surface area contributed by atoms with E-state index in [1.165, 1.54) is 0 Å². The average molecular weight is 317 g/mol. The van der Waals surface area contributed by atoms with Gasteiger partial charge in [0.1, 0.15) is 5.82 Å². The van der Waals surface area contributed by atoms with Gasteiger partial charge in [0.15, 0.2) is 5.65 Å². The monoisotopic (exact) mass is 316 g/mol. The predicted octanol–water partition coefficient (Wildman–Crippen LogP) is 2.69. The summed E-state index contributed by atoms with van der Waals surface area (Å²) in [6, 6.07) is 7.75. The zero-order valence-corrected chi connectivity index (χ0v) is 13.5. The Morgan fingerprint density at radius 1 is 1.27 bits per heavy atom. The maximum absolute atomic E-state index is 6.02. The maximum Gasteiger partial charge on any atom is 0.228 e. The lowest BCUT2D eigenvalue weighted by Crippen LogP contribution is -2.14. The average Bonchev–Trinajstić information content (AvgIpc) is 2.86. The van der Waals surface area contributed by atoms with Crippen LogP contribution in [0.2, 0.25) is 5.02 Å². The summed E-state index contributed by atoms with van der Waals surface area (Å²) in [5.41, 5.74) is 1.89. The lowest BCUT2D eigenvalue weighted by atomic mass is 10.2. The van der Waals surface area contributed by atoms with Crippen LogP contribution in [0.15, 0.2) is 30.5 Å². The normalized spacial score (nSPS) is 10.9. The van der Waals surface area contributed by atoms with E-state index in [-0.39, 0.29) is 0 Å². The number of hydrogen-bond donors (Lipinski definition) is 1. The summed E-state index contributed by atoms with van der Waals surface area (Å²) in [6.45, 7) is 0.633. The van der Waals surface area contributed by atoms with Crippen LogP contribution in [0.1, 0.15) is 5.56 Å². The molecule has 114 valence electrons. The topological polar surface area (TPSA) is 58.9 Å². The van der Waals surface area contributed by atoms with Gasteiger partial charge in [0.05, 0.1) is 11.6 Å². The Morgan fingerprint density at radius 2 is 2.09 bits per heavy atom. The Labute approximate surface area is 133 Å². The number of aryl methyl sites for hydroxylation is 1. The van der Waals surface area contributed by atoms with Crippen LogP contribution in [0.25, 0.3) is 11.0 Å². The number of halogens is 1. The first kappa shape index (κ1) is 14.6. The van der Waals surface area contributed by atoms with Gasteiger partial charge in [0, 0.05) is 32.7 Å². The van der Waals surface area contributed by atoms with E-state index in [1.807, 2.05) is 50.3 Å². The second kappa shape index (κ2) is 5.81. The number of nitrogens with one attached hydrogen (secondary N) is 1. The molecule has 0 radical (unpaired) electrons. The molecule has 7 heteroatoms. The van der Waals surface area contributed by atoms with Crippen molar-refractivity contribution in [1.82, 2.24) is 19.7 Å². The van der Waals surface area contributed by atoms with E-state index in [1.54, 1.807) is 10.9 Å². The summed E-state index contributed by atoms with van der Waals surface area (Å²) in [6.07, 6.45) is 1.77. The molecule has 0 aliphatic rings. The third kappa shape index (κ3) is 2.82. The Kier molecular flexibility index (Phi) is 3.85. The number of anilines is 2. The highest BCUT2D eigenvalue weighted by Gasteiger charge is 2.12. The molecule has 6 nitrogen and oxygen atoms in total.